The van der Waals surface area contributed by atoms with Crippen molar-refractivity contribution in [1.82, 2.24) is 0 Å². The van der Waals surface area contributed by atoms with Crippen LogP contribution in [-0.2, 0) is 6.61 Å². The molecule has 0 saturated heterocycles. The van der Waals surface area contributed by atoms with Gasteiger partial charge in [-0.3, -0.25) is 0 Å². The van der Waals surface area contributed by atoms with Crippen molar-refractivity contribution in [3.63, 3.8) is 0 Å². The van der Waals surface area contributed by atoms with Crippen molar-refractivity contribution in [2.24, 2.45) is 0 Å². The van der Waals surface area contributed by atoms with E-state index in [1.807, 2.05) is 54.6 Å². The number of benzene rings is 3. The molecule has 3 aromatic rings. The summed E-state index contributed by atoms with van der Waals surface area (Å²) in [5.41, 5.74) is 9.41. The first-order chi connectivity index (χ1) is 11.1. The Morgan fingerprint density at radius 2 is 1.65 bits per heavy atom. The van der Waals surface area contributed by atoms with E-state index in [0.29, 0.717) is 28.1 Å². The van der Waals surface area contributed by atoms with Gasteiger partial charge in [-0.05, 0) is 29.3 Å². The van der Waals surface area contributed by atoms with Gasteiger partial charge < -0.3 is 10.5 Å². The molecule has 0 bridgehead atoms. The number of halogens is 2. The summed E-state index contributed by atoms with van der Waals surface area (Å²) < 4.78 is 5.85. The highest BCUT2D eigenvalue weighted by Gasteiger charge is 2.09. The number of anilines is 1. The molecule has 0 aliphatic rings. The number of nitrogens with two attached hydrogens (primary N) is 1. The van der Waals surface area contributed by atoms with Gasteiger partial charge in [-0.1, -0.05) is 65.7 Å². The van der Waals surface area contributed by atoms with Crippen LogP contribution < -0.4 is 10.5 Å². The predicted molar refractivity (Wildman–Crippen MR) is 97.1 cm³/mol. The number of rotatable bonds is 4. The van der Waals surface area contributed by atoms with E-state index in [2.05, 4.69) is 0 Å². The Bertz CT molecular complexity index is 819. The quantitative estimate of drug-likeness (QED) is 0.605. The molecule has 0 amide bonds. The third kappa shape index (κ3) is 3.79. The van der Waals surface area contributed by atoms with E-state index >= 15 is 0 Å². The maximum Gasteiger partial charge on any atom is 0.122 e. The highest BCUT2D eigenvalue weighted by molar-refractivity contribution is 6.43. The zero-order chi connectivity index (χ0) is 16.2. The Morgan fingerprint density at radius 3 is 2.43 bits per heavy atom. The van der Waals surface area contributed by atoms with E-state index in [4.69, 9.17) is 33.7 Å². The van der Waals surface area contributed by atoms with Gasteiger partial charge in [0.05, 0.1) is 10.0 Å². The van der Waals surface area contributed by atoms with Crippen LogP contribution in [0.2, 0.25) is 10.0 Å². The molecule has 23 heavy (non-hydrogen) atoms. The zero-order valence-corrected chi connectivity index (χ0v) is 13.8. The van der Waals surface area contributed by atoms with Gasteiger partial charge in [-0.15, -0.1) is 0 Å². The minimum atomic E-state index is 0.479. The second-order valence-corrected chi connectivity index (χ2v) is 5.95. The summed E-state index contributed by atoms with van der Waals surface area (Å²) in [7, 11) is 0. The monoisotopic (exact) mass is 343 g/mol. The highest BCUT2D eigenvalue weighted by Crippen LogP contribution is 2.36. The van der Waals surface area contributed by atoms with Gasteiger partial charge in [-0.25, -0.2) is 0 Å². The van der Waals surface area contributed by atoms with E-state index in [-0.39, 0.29) is 0 Å². The van der Waals surface area contributed by atoms with Crippen LogP contribution in [0.25, 0.3) is 11.1 Å². The molecule has 3 aromatic carbocycles. The van der Waals surface area contributed by atoms with Crippen molar-refractivity contribution in [2.75, 3.05) is 5.73 Å². The highest BCUT2D eigenvalue weighted by atomic mass is 35.5. The molecule has 0 atom stereocenters. The molecular weight excluding hydrogens is 329 g/mol. The van der Waals surface area contributed by atoms with Crippen LogP contribution in [0.15, 0.2) is 66.7 Å². The number of hydrogen-bond donors (Lipinski definition) is 1. The Hall–Kier alpha value is -2.16. The number of hydrogen-bond acceptors (Lipinski definition) is 2. The fourth-order valence-electron chi connectivity index (χ4n) is 2.33. The van der Waals surface area contributed by atoms with Crippen LogP contribution >= 0.6 is 23.2 Å². The first kappa shape index (κ1) is 15.7. The van der Waals surface area contributed by atoms with Crippen molar-refractivity contribution in [1.29, 1.82) is 0 Å². The Kier molecular flexibility index (Phi) is 4.75. The second kappa shape index (κ2) is 6.95. The third-order valence-electron chi connectivity index (χ3n) is 3.44. The largest absolute Gasteiger partial charge is 0.489 e. The van der Waals surface area contributed by atoms with Crippen LogP contribution in [0.3, 0.4) is 0 Å². The van der Waals surface area contributed by atoms with Crippen molar-refractivity contribution >= 4 is 28.9 Å². The smallest absolute Gasteiger partial charge is 0.122 e. The number of ether oxygens (including phenoxy) is 1. The molecular formula is C19H15Cl2NO. The fraction of sp³-hybridized carbons (Fsp3) is 0.0526. The molecule has 0 unspecified atom stereocenters. The maximum absolute atomic E-state index is 6.29. The minimum Gasteiger partial charge on any atom is -0.489 e. The Morgan fingerprint density at radius 1 is 0.870 bits per heavy atom. The molecule has 116 valence electrons. The van der Waals surface area contributed by atoms with Crippen LogP contribution in [0.1, 0.15) is 5.56 Å². The van der Waals surface area contributed by atoms with E-state index < -0.39 is 0 Å². The van der Waals surface area contributed by atoms with Gasteiger partial charge in [-0.2, -0.15) is 0 Å². The fourth-order valence-corrected chi connectivity index (χ4v) is 2.74. The molecule has 0 saturated carbocycles. The lowest BCUT2D eigenvalue weighted by molar-refractivity contribution is 0.306. The zero-order valence-electron chi connectivity index (χ0n) is 12.3. The molecule has 0 heterocycles. The summed E-state index contributed by atoms with van der Waals surface area (Å²) in [6, 6.07) is 21.1. The van der Waals surface area contributed by atoms with E-state index in [9.17, 15) is 0 Å². The predicted octanol–water partition coefficient (Wildman–Crippen LogP) is 5.82. The average Bonchev–Trinajstić information content (AvgIpc) is 2.56. The Balaban J connectivity index is 1.89. The Labute approximate surface area is 145 Å². The van der Waals surface area contributed by atoms with Gasteiger partial charge in [0.25, 0.3) is 0 Å². The van der Waals surface area contributed by atoms with E-state index in [0.717, 1.165) is 16.7 Å². The summed E-state index contributed by atoms with van der Waals surface area (Å²) >= 11 is 12.4. The average molecular weight is 344 g/mol. The molecule has 0 aliphatic carbocycles. The number of nitrogen functional groups attached to an aromatic ring is 1. The lowest BCUT2D eigenvalue weighted by Gasteiger charge is -2.11. The van der Waals surface area contributed by atoms with E-state index in [1.54, 1.807) is 12.1 Å². The SMILES string of the molecule is Nc1cc(OCc2ccccc2)cc(-c2cccc(Cl)c2Cl)c1. The second-order valence-electron chi connectivity index (χ2n) is 5.17. The minimum absolute atomic E-state index is 0.479. The normalized spacial score (nSPS) is 10.5. The molecule has 4 heteroatoms. The summed E-state index contributed by atoms with van der Waals surface area (Å²) in [6.07, 6.45) is 0. The molecule has 2 nitrogen and oxygen atoms in total. The van der Waals surface area contributed by atoms with Crippen LogP contribution in [0.5, 0.6) is 5.75 Å². The van der Waals surface area contributed by atoms with Crippen molar-refractivity contribution in [3.8, 4) is 16.9 Å². The third-order valence-corrected chi connectivity index (χ3v) is 4.26. The van der Waals surface area contributed by atoms with Crippen LogP contribution in [-0.4, -0.2) is 0 Å². The molecule has 3 rings (SSSR count). The maximum atomic E-state index is 6.29. The standard InChI is InChI=1S/C19H15Cl2NO/c20-18-8-4-7-17(19(18)21)14-9-15(22)11-16(10-14)23-12-13-5-2-1-3-6-13/h1-11H,12,22H2. The summed E-state index contributed by atoms with van der Waals surface area (Å²) in [4.78, 5) is 0. The summed E-state index contributed by atoms with van der Waals surface area (Å²) in [5, 5.41) is 1.02. The van der Waals surface area contributed by atoms with Gasteiger partial charge in [0.1, 0.15) is 12.4 Å². The van der Waals surface area contributed by atoms with Crippen LogP contribution in [0, 0.1) is 0 Å². The lowest BCUT2D eigenvalue weighted by atomic mass is 10.0. The summed E-state index contributed by atoms with van der Waals surface area (Å²) in [6.45, 7) is 0.479. The van der Waals surface area contributed by atoms with E-state index in [1.165, 1.54) is 0 Å². The van der Waals surface area contributed by atoms with Crippen LogP contribution in [0.4, 0.5) is 5.69 Å². The van der Waals surface area contributed by atoms with Gasteiger partial charge in [0.2, 0.25) is 0 Å². The van der Waals surface area contributed by atoms with Gasteiger partial charge in [0.15, 0.2) is 0 Å². The molecule has 0 aromatic heterocycles. The molecule has 0 spiro atoms. The molecule has 0 radical (unpaired) electrons. The van der Waals surface area contributed by atoms with Crippen molar-refractivity contribution < 1.29 is 4.74 Å². The lowest BCUT2D eigenvalue weighted by Crippen LogP contribution is -1.97. The first-order valence-electron chi connectivity index (χ1n) is 7.15. The molecule has 2 N–H and O–H groups in total. The van der Waals surface area contributed by atoms with Crippen molar-refractivity contribution in [3.05, 3.63) is 82.3 Å². The summed E-state index contributed by atoms with van der Waals surface area (Å²) in [5.74, 6) is 0.694. The topological polar surface area (TPSA) is 35.2 Å². The van der Waals surface area contributed by atoms with Gasteiger partial charge in [0, 0.05) is 17.3 Å². The molecule has 0 fully saturated rings. The van der Waals surface area contributed by atoms with Crippen molar-refractivity contribution in [2.45, 2.75) is 6.61 Å². The molecule has 0 aliphatic heterocycles. The first-order valence-corrected chi connectivity index (χ1v) is 7.91. The van der Waals surface area contributed by atoms with Gasteiger partial charge >= 0.3 is 0 Å².